The van der Waals surface area contributed by atoms with E-state index < -0.39 is 5.60 Å². The number of rotatable bonds is 10. The molecule has 0 spiro atoms. The van der Waals surface area contributed by atoms with Crippen molar-refractivity contribution in [3.63, 3.8) is 0 Å². The molecule has 0 radical (unpaired) electrons. The van der Waals surface area contributed by atoms with Gasteiger partial charge in [0.15, 0.2) is 0 Å². The second-order valence-electron chi connectivity index (χ2n) is 9.07. The Hall–Kier alpha value is -2.46. The van der Waals surface area contributed by atoms with Gasteiger partial charge in [-0.05, 0) is 24.1 Å². The number of aromatic nitrogens is 2. The molecule has 1 aromatic heterocycles. The number of β-amino-alcohol motifs (C(OH)–C–C–N with tert-alkyl or cyclic N) is 1. The third-order valence-corrected chi connectivity index (χ3v) is 6.24. The standard InChI is InChI=1S/C24H36N6O3/c1-28(2)22-15-23(27-19-26-22)30-8-7-24(31,18-30)17-25-16-20-3-5-21(6-4-20)33-14-11-29-9-12-32-13-10-29/h3-6,15,19,25,31H,7-14,16-18H2,1-2H3/t24-/m1/s1. The quantitative estimate of drug-likeness (QED) is 0.543. The van der Waals surface area contributed by atoms with Crippen LogP contribution in [-0.2, 0) is 11.3 Å². The van der Waals surface area contributed by atoms with Gasteiger partial charge >= 0.3 is 0 Å². The van der Waals surface area contributed by atoms with Gasteiger partial charge in [0, 0.05) is 66.0 Å². The molecule has 33 heavy (non-hydrogen) atoms. The Kier molecular flexibility index (Phi) is 7.97. The molecule has 1 aromatic carbocycles. The number of ether oxygens (including phenoxy) is 2. The molecule has 2 aromatic rings. The summed E-state index contributed by atoms with van der Waals surface area (Å²) in [6.07, 6.45) is 2.29. The van der Waals surface area contributed by atoms with Gasteiger partial charge in [0.25, 0.3) is 0 Å². The maximum absolute atomic E-state index is 11.0. The number of hydrogen-bond donors (Lipinski definition) is 2. The summed E-state index contributed by atoms with van der Waals surface area (Å²) in [4.78, 5) is 15.1. The van der Waals surface area contributed by atoms with Crippen molar-refractivity contribution in [2.75, 3.05) is 83.0 Å². The number of anilines is 2. The molecule has 3 heterocycles. The average Bonchev–Trinajstić information content (AvgIpc) is 3.23. The molecule has 0 saturated carbocycles. The van der Waals surface area contributed by atoms with Crippen LogP contribution < -0.4 is 19.9 Å². The minimum atomic E-state index is -0.772. The minimum absolute atomic E-state index is 0.535. The Bertz CT molecular complexity index is 875. The fourth-order valence-corrected chi connectivity index (χ4v) is 4.21. The fraction of sp³-hybridized carbons (Fsp3) is 0.583. The first-order valence-corrected chi connectivity index (χ1v) is 11.7. The van der Waals surface area contributed by atoms with Crippen molar-refractivity contribution in [1.82, 2.24) is 20.2 Å². The van der Waals surface area contributed by atoms with Crippen molar-refractivity contribution in [1.29, 1.82) is 0 Å². The van der Waals surface area contributed by atoms with Crippen LogP contribution in [0, 0.1) is 0 Å². The molecule has 0 aliphatic carbocycles. The van der Waals surface area contributed by atoms with Gasteiger partial charge in [0.2, 0.25) is 0 Å². The summed E-state index contributed by atoms with van der Waals surface area (Å²) in [6, 6.07) is 10.1. The van der Waals surface area contributed by atoms with E-state index in [1.54, 1.807) is 6.33 Å². The molecular formula is C24H36N6O3. The van der Waals surface area contributed by atoms with Gasteiger partial charge in [-0.2, -0.15) is 0 Å². The summed E-state index contributed by atoms with van der Waals surface area (Å²) in [7, 11) is 3.92. The SMILES string of the molecule is CN(C)c1cc(N2CC[C@@](O)(CNCc3ccc(OCCN4CCOCC4)cc3)C2)ncn1. The smallest absolute Gasteiger partial charge is 0.134 e. The van der Waals surface area contributed by atoms with Gasteiger partial charge in [-0.1, -0.05) is 12.1 Å². The number of nitrogens with one attached hydrogen (secondary N) is 1. The largest absolute Gasteiger partial charge is 0.492 e. The number of benzene rings is 1. The number of hydrogen-bond acceptors (Lipinski definition) is 9. The highest BCUT2D eigenvalue weighted by atomic mass is 16.5. The number of nitrogens with zero attached hydrogens (tertiary/aromatic N) is 5. The lowest BCUT2D eigenvalue weighted by atomic mass is 10.0. The lowest BCUT2D eigenvalue weighted by Crippen LogP contribution is -2.43. The third kappa shape index (κ3) is 6.77. The fourth-order valence-electron chi connectivity index (χ4n) is 4.21. The second-order valence-corrected chi connectivity index (χ2v) is 9.07. The molecule has 0 amide bonds. The molecule has 2 N–H and O–H groups in total. The maximum atomic E-state index is 11.0. The van der Waals surface area contributed by atoms with E-state index >= 15 is 0 Å². The third-order valence-electron chi connectivity index (χ3n) is 6.24. The molecule has 2 aliphatic heterocycles. The predicted molar refractivity (Wildman–Crippen MR) is 129 cm³/mol. The molecule has 2 aliphatic rings. The van der Waals surface area contributed by atoms with Gasteiger partial charge in [-0.15, -0.1) is 0 Å². The summed E-state index contributed by atoms with van der Waals surface area (Å²) < 4.78 is 11.3. The normalized spacial score (nSPS) is 21.4. The molecule has 2 fully saturated rings. The van der Waals surface area contributed by atoms with Gasteiger partial charge in [0.05, 0.1) is 18.8 Å². The Balaban J connectivity index is 1.18. The van der Waals surface area contributed by atoms with Gasteiger partial charge in [-0.3, -0.25) is 4.90 Å². The monoisotopic (exact) mass is 456 g/mol. The Morgan fingerprint density at radius 3 is 2.70 bits per heavy atom. The van der Waals surface area contributed by atoms with Crippen LogP contribution >= 0.6 is 0 Å². The molecule has 2 saturated heterocycles. The van der Waals surface area contributed by atoms with Crippen molar-refractivity contribution in [3.05, 3.63) is 42.2 Å². The molecule has 9 nitrogen and oxygen atoms in total. The van der Waals surface area contributed by atoms with Crippen molar-refractivity contribution >= 4 is 11.6 Å². The van der Waals surface area contributed by atoms with E-state index in [2.05, 4.69) is 37.2 Å². The van der Waals surface area contributed by atoms with Crippen LogP contribution in [0.1, 0.15) is 12.0 Å². The van der Waals surface area contributed by atoms with Crippen LogP contribution in [-0.4, -0.2) is 98.8 Å². The van der Waals surface area contributed by atoms with E-state index in [0.29, 0.717) is 32.7 Å². The highest BCUT2D eigenvalue weighted by Crippen LogP contribution is 2.26. The molecule has 4 rings (SSSR count). The minimum Gasteiger partial charge on any atom is -0.492 e. The van der Waals surface area contributed by atoms with Gasteiger partial charge in [0.1, 0.15) is 30.3 Å². The van der Waals surface area contributed by atoms with E-state index in [9.17, 15) is 5.11 Å². The zero-order valence-corrected chi connectivity index (χ0v) is 19.7. The predicted octanol–water partition coefficient (Wildman–Crippen LogP) is 0.985. The first-order chi connectivity index (χ1) is 16.0. The molecular weight excluding hydrogens is 420 g/mol. The second kappa shape index (κ2) is 11.1. The topological polar surface area (TPSA) is 86.2 Å². The van der Waals surface area contributed by atoms with Crippen LogP contribution in [0.4, 0.5) is 11.6 Å². The summed E-state index contributed by atoms with van der Waals surface area (Å²) in [5.41, 5.74) is 0.395. The molecule has 1 atom stereocenters. The van der Waals surface area contributed by atoms with E-state index in [1.807, 2.05) is 37.2 Å². The zero-order valence-electron chi connectivity index (χ0n) is 19.7. The summed E-state index contributed by atoms with van der Waals surface area (Å²) in [5.74, 6) is 2.61. The van der Waals surface area contributed by atoms with Crippen molar-refractivity contribution in [2.24, 2.45) is 0 Å². The van der Waals surface area contributed by atoms with Crippen LogP contribution in [0.25, 0.3) is 0 Å². The van der Waals surface area contributed by atoms with Crippen LogP contribution in [0.2, 0.25) is 0 Å². The molecule has 9 heteroatoms. The zero-order chi connectivity index (χ0) is 23.1. The van der Waals surface area contributed by atoms with E-state index in [4.69, 9.17) is 9.47 Å². The summed E-state index contributed by atoms with van der Waals surface area (Å²) in [5, 5.41) is 14.5. The molecule has 0 bridgehead atoms. The Morgan fingerprint density at radius 2 is 1.94 bits per heavy atom. The molecule has 180 valence electrons. The summed E-state index contributed by atoms with van der Waals surface area (Å²) in [6.45, 7) is 7.76. The van der Waals surface area contributed by atoms with E-state index in [1.165, 1.54) is 5.56 Å². The highest BCUT2D eigenvalue weighted by Gasteiger charge is 2.36. The van der Waals surface area contributed by atoms with E-state index in [0.717, 1.165) is 56.8 Å². The lowest BCUT2D eigenvalue weighted by Gasteiger charge is -2.26. The number of morpholine rings is 1. The van der Waals surface area contributed by atoms with Crippen molar-refractivity contribution < 1.29 is 14.6 Å². The van der Waals surface area contributed by atoms with Crippen LogP contribution in [0.15, 0.2) is 36.7 Å². The van der Waals surface area contributed by atoms with Crippen molar-refractivity contribution in [2.45, 2.75) is 18.6 Å². The molecule has 0 unspecified atom stereocenters. The number of aliphatic hydroxyl groups is 1. The van der Waals surface area contributed by atoms with Gasteiger partial charge in [-0.25, -0.2) is 9.97 Å². The first kappa shape index (κ1) is 23.7. The maximum Gasteiger partial charge on any atom is 0.134 e. The average molecular weight is 457 g/mol. The highest BCUT2D eigenvalue weighted by molar-refractivity contribution is 5.50. The summed E-state index contributed by atoms with van der Waals surface area (Å²) >= 11 is 0. The lowest BCUT2D eigenvalue weighted by molar-refractivity contribution is 0.0322. The Labute approximate surface area is 196 Å². The first-order valence-electron chi connectivity index (χ1n) is 11.7. The van der Waals surface area contributed by atoms with Crippen LogP contribution in [0.5, 0.6) is 5.75 Å². The Morgan fingerprint density at radius 1 is 1.15 bits per heavy atom. The van der Waals surface area contributed by atoms with Crippen LogP contribution in [0.3, 0.4) is 0 Å². The van der Waals surface area contributed by atoms with Crippen molar-refractivity contribution in [3.8, 4) is 5.75 Å². The van der Waals surface area contributed by atoms with Gasteiger partial charge < -0.3 is 29.7 Å². The van der Waals surface area contributed by atoms with E-state index in [-0.39, 0.29) is 0 Å².